The SMILES string of the molecule is CN(CCNS(=O)(=O)c1cc(Br)cnc1N)C1CCCC1. The highest BCUT2D eigenvalue weighted by Gasteiger charge is 2.21. The monoisotopic (exact) mass is 376 g/mol. The van der Waals surface area contributed by atoms with Crippen molar-refractivity contribution < 1.29 is 8.42 Å². The van der Waals surface area contributed by atoms with Crippen LogP contribution in [0.4, 0.5) is 5.82 Å². The van der Waals surface area contributed by atoms with Gasteiger partial charge in [0.15, 0.2) is 0 Å². The van der Waals surface area contributed by atoms with E-state index in [1.165, 1.54) is 37.9 Å². The van der Waals surface area contributed by atoms with E-state index in [1.807, 2.05) is 7.05 Å². The summed E-state index contributed by atoms with van der Waals surface area (Å²) in [6, 6.07) is 2.04. The van der Waals surface area contributed by atoms with Crippen molar-refractivity contribution in [3.63, 3.8) is 0 Å². The molecule has 0 aromatic carbocycles. The predicted molar refractivity (Wildman–Crippen MR) is 86.4 cm³/mol. The van der Waals surface area contributed by atoms with Crippen LogP contribution in [0, 0.1) is 0 Å². The molecule has 3 N–H and O–H groups in total. The quantitative estimate of drug-likeness (QED) is 0.786. The van der Waals surface area contributed by atoms with Crippen molar-refractivity contribution in [3.8, 4) is 0 Å². The topological polar surface area (TPSA) is 88.3 Å². The van der Waals surface area contributed by atoms with Gasteiger partial charge in [-0.3, -0.25) is 0 Å². The number of nitrogens with one attached hydrogen (secondary N) is 1. The number of aromatic nitrogens is 1. The minimum atomic E-state index is -3.63. The highest BCUT2D eigenvalue weighted by atomic mass is 79.9. The first-order chi connectivity index (χ1) is 9.90. The van der Waals surface area contributed by atoms with Gasteiger partial charge in [0.05, 0.1) is 0 Å². The summed E-state index contributed by atoms with van der Waals surface area (Å²) in [5, 5.41) is 0. The standard InChI is InChI=1S/C13H21BrN4O2S/c1-18(11-4-2-3-5-11)7-6-17-21(19,20)12-8-10(14)9-16-13(12)15/h8-9,11,17H,2-7H2,1H3,(H2,15,16). The van der Waals surface area contributed by atoms with Crippen molar-refractivity contribution in [2.75, 3.05) is 25.9 Å². The fourth-order valence-electron chi connectivity index (χ4n) is 2.61. The number of rotatable bonds is 6. The second kappa shape index (κ2) is 7.04. The van der Waals surface area contributed by atoms with Crippen molar-refractivity contribution in [2.24, 2.45) is 0 Å². The van der Waals surface area contributed by atoms with Crippen LogP contribution in [0.2, 0.25) is 0 Å². The summed E-state index contributed by atoms with van der Waals surface area (Å²) in [5.41, 5.74) is 5.65. The lowest BCUT2D eigenvalue weighted by Crippen LogP contribution is -2.37. The minimum absolute atomic E-state index is 0.00912. The molecule has 6 nitrogen and oxygen atoms in total. The molecule has 0 unspecified atom stereocenters. The molecule has 0 radical (unpaired) electrons. The number of nitrogens with zero attached hydrogens (tertiary/aromatic N) is 2. The maximum absolute atomic E-state index is 12.2. The van der Waals surface area contributed by atoms with Gasteiger partial charge in [0.1, 0.15) is 10.7 Å². The van der Waals surface area contributed by atoms with Crippen LogP contribution in [0.5, 0.6) is 0 Å². The summed E-state index contributed by atoms with van der Waals surface area (Å²) in [5.74, 6) is 0.00912. The van der Waals surface area contributed by atoms with Gasteiger partial charge < -0.3 is 10.6 Å². The summed E-state index contributed by atoms with van der Waals surface area (Å²) in [6.45, 7) is 1.05. The predicted octanol–water partition coefficient (Wildman–Crippen LogP) is 1.58. The molecule has 0 aliphatic heterocycles. The Labute approximate surface area is 134 Å². The summed E-state index contributed by atoms with van der Waals surface area (Å²) in [4.78, 5) is 6.09. The number of hydrogen-bond acceptors (Lipinski definition) is 5. The van der Waals surface area contributed by atoms with E-state index in [0.717, 1.165) is 0 Å². The van der Waals surface area contributed by atoms with Crippen molar-refractivity contribution in [1.82, 2.24) is 14.6 Å². The van der Waals surface area contributed by atoms with E-state index >= 15 is 0 Å². The van der Waals surface area contributed by atoms with Crippen LogP contribution in [0.25, 0.3) is 0 Å². The van der Waals surface area contributed by atoms with E-state index in [4.69, 9.17) is 5.73 Å². The number of likely N-dealkylation sites (N-methyl/N-ethyl adjacent to an activating group) is 1. The van der Waals surface area contributed by atoms with E-state index in [0.29, 0.717) is 23.6 Å². The summed E-state index contributed by atoms with van der Waals surface area (Å²) >= 11 is 3.21. The molecule has 0 spiro atoms. The van der Waals surface area contributed by atoms with Gasteiger partial charge in [-0.25, -0.2) is 18.1 Å². The molecule has 21 heavy (non-hydrogen) atoms. The number of pyridine rings is 1. The summed E-state index contributed by atoms with van der Waals surface area (Å²) in [6.07, 6.45) is 6.40. The summed E-state index contributed by atoms with van der Waals surface area (Å²) < 4.78 is 27.6. The van der Waals surface area contributed by atoms with Crippen LogP contribution in [-0.4, -0.2) is 44.5 Å². The van der Waals surface area contributed by atoms with E-state index in [2.05, 4.69) is 30.5 Å². The Morgan fingerprint density at radius 2 is 2.14 bits per heavy atom. The first-order valence-electron chi connectivity index (χ1n) is 7.01. The Hall–Kier alpha value is -0.700. The Balaban J connectivity index is 1.93. The Morgan fingerprint density at radius 3 is 2.81 bits per heavy atom. The lowest BCUT2D eigenvalue weighted by Gasteiger charge is -2.23. The molecule has 2 rings (SSSR count). The first-order valence-corrected chi connectivity index (χ1v) is 9.28. The van der Waals surface area contributed by atoms with Crippen LogP contribution < -0.4 is 10.5 Å². The molecule has 0 atom stereocenters. The van der Waals surface area contributed by atoms with Gasteiger partial charge in [-0.05, 0) is 41.9 Å². The second-order valence-electron chi connectivity index (χ2n) is 5.35. The molecule has 1 aromatic heterocycles. The third-order valence-electron chi connectivity index (χ3n) is 3.84. The molecule has 1 aliphatic carbocycles. The lowest BCUT2D eigenvalue weighted by atomic mass is 10.2. The van der Waals surface area contributed by atoms with E-state index < -0.39 is 10.0 Å². The number of halogens is 1. The average Bonchev–Trinajstić information content (AvgIpc) is 2.95. The average molecular weight is 377 g/mol. The molecule has 0 amide bonds. The maximum Gasteiger partial charge on any atom is 0.244 e. The fraction of sp³-hybridized carbons (Fsp3) is 0.615. The number of anilines is 1. The van der Waals surface area contributed by atoms with Crippen molar-refractivity contribution in [1.29, 1.82) is 0 Å². The zero-order chi connectivity index (χ0) is 15.5. The Morgan fingerprint density at radius 1 is 1.48 bits per heavy atom. The van der Waals surface area contributed by atoms with Crippen LogP contribution in [0.15, 0.2) is 21.6 Å². The highest BCUT2D eigenvalue weighted by Crippen LogP contribution is 2.22. The number of hydrogen-bond donors (Lipinski definition) is 2. The smallest absolute Gasteiger partial charge is 0.244 e. The Kier molecular flexibility index (Phi) is 5.59. The third kappa shape index (κ3) is 4.38. The van der Waals surface area contributed by atoms with Gasteiger partial charge in [-0.2, -0.15) is 0 Å². The van der Waals surface area contributed by atoms with Crippen molar-refractivity contribution >= 4 is 31.8 Å². The molecule has 118 valence electrons. The third-order valence-corrected chi connectivity index (χ3v) is 5.77. The lowest BCUT2D eigenvalue weighted by molar-refractivity contribution is 0.250. The van der Waals surface area contributed by atoms with Crippen LogP contribution in [0.3, 0.4) is 0 Å². The molecular formula is C13H21BrN4O2S. The normalized spacial score (nSPS) is 16.7. The molecule has 1 fully saturated rings. The number of nitrogens with two attached hydrogens (primary N) is 1. The molecule has 1 aromatic rings. The van der Waals surface area contributed by atoms with Crippen molar-refractivity contribution in [2.45, 2.75) is 36.6 Å². The maximum atomic E-state index is 12.2. The Bertz CT molecular complexity index is 588. The van der Waals surface area contributed by atoms with E-state index in [9.17, 15) is 8.42 Å². The first kappa shape index (κ1) is 16.7. The second-order valence-corrected chi connectivity index (χ2v) is 8.00. The van der Waals surface area contributed by atoms with E-state index in [1.54, 1.807) is 0 Å². The van der Waals surface area contributed by atoms with Crippen LogP contribution >= 0.6 is 15.9 Å². The largest absolute Gasteiger partial charge is 0.383 e. The van der Waals surface area contributed by atoms with Gasteiger partial charge >= 0.3 is 0 Å². The highest BCUT2D eigenvalue weighted by molar-refractivity contribution is 9.10. The summed E-state index contributed by atoms with van der Waals surface area (Å²) in [7, 11) is -1.59. The van der Waals surface area contributed by atoms with Crippen molar-refractivity contribution in [3.05, 3.63) is 16.7 Å². The zero-order valence-electron chi connectivity index (χ0n) is 12.0. The van der Waals surface area contributed by atoms with Gasteiger partial charge in [0.25, 0.3) is 0 Å². The molecule has 1 heterocycles. The van der Waals surface area contributed by atoms with Gasteiger partial charge in [0, 0.05) is 29.8 Å². The van der Waals surface area contributed by atoms with Crippen LogP contribution in [0.1, 0.15) is 25.7 Å². The van der Waals surface area contributed by atoms with Gasteiger partial charge in [0.2, 0.25) is 10.0 Å². The van der Waals surface area contributed by atoms with Gasteiger partial charge in [-0.1, -0.05) is 12.8 Å². The molecule has 0 saturated heterocycles. The van der Waals surface area contributed by atoms with Gasteiger partial charge in [-0.15, -0.1) is 0 Å². The number of nitrogen functional groups attached to an aromatic ring is 1. The minimum Gasteiger partial charge on any atom is -0.383 e. The zero-order valence-corrected chi connectivity index (χ0v) is 14.5. The van der Waals surface area contributed by atoms with E-state index in [-0.39, 0.29) is 10.7 Å². The fourth-order valence-corrected chi connectivity index (χ4v) is 4.22. The molecule has 0 bridgehead atoms. The van der Waals surface area contributed by atoms with Crippen LogP contribution in [-0.2, 0) is 10.0 Å². The molecule has 1 saturated carbocycles. The molecule has 1 aliphatic rings. The molecular weight excluding hydrogens is 356 g/mol. The number of sulfonamides is 1. The molecule has 8 heteroatoms.